The maximum atomic E-state index is 5.72. The largest absolute Gasteiger partial charge is 0.378 e. The van der Waals surface area contributed by atoms with Crippen LogP contribution in [0, 0.1) is 11.7 Å². The minimum Gasteiger partial charge on any atom is -0.378 e. The Morgan fingerprint density at radius 1 is 1.55 bits per heavy atom. The SMILES string of the molecule is CCn1nc(C)c2[nH]c(=S)n(CC3(OC)CCOC3)c21. The molecular formula is C13H20N4O2S. The summed E-state index contributed by atoms with van der Waals surface area (Å²) >= 11 is 5.48. The standard InChI is InChI=1S/C13H20N4O2S/c1-4-17-11-10(9(2)15-17)14-12(20)16(11)7-13(18-3)5-6-19-8-13/h4-8H2,1-3H3,(H,14,20). The molecule has 1 N–H and O–H groups in total. The summed E-state index contributed by atoms with van der Waals surface area (Å²) in [6, 6.07) is 0. The van der Waals surface area contributed by atoms with Crippen LogP contribution in [0.1, 0.15) is 19.0 Å². The summed E-state index contributed by atoms with van der Waals surface area (Å²) in [5.41, 5.74) is 2.74. The van der Waals surface area contributed by atoms with E-state index in [-0.39, 0.29) is 5.60 Å². The molecule has 1 saturated heterocycles. The van der Waals surface area contributed by atoms with Crippen LogP contribution in [-0.4, -0.2) is 45.3 Å². The average molecular weight is 296 g/mol. The van der Waals surface area contributed by atoms with E-state index in [0.29, 0.717) is 17.9 Å². The van der Waals surface area contributed by atoms with E-state index >= 15 is 0 Å². The number of hydrogen-bond donors (Lipinski definition) is 1. The van der Waals surface area contributed by atoms with Gasteiger partial charge in [0.1, 0.15) is 11.1 Å². The Kier molecular flexibility index (Phi) is 3.43. The van der Waals surface area contributed by atoms with E-state index in [0.717, 1.165) is 36.4 Å². The Morgan fingerprint density at radius 2 is 2.35 bits per heavy atom. The Balaban J connectivity index is 2.11. The molecule has 3 heterocycles. The maximum absolute atomic E-state index is 5.72. The van der Waals surface area contributed by atoms with Gasteiger partial charge in [0.25, 0.3) is 0 Å². The minimum atomic E-state index is -0.288. The molecule has 6 nitrogen and oxygen atoms in total. The lowest BCUT2D eigenvalue weighted by atomic mass is 10.0. The molecule has 0 spiro atoms. The molecule has 2 aromatic heterocycles. The summed E-state index contributed by atoms with van der Waals surface area (Å²) in [7, 11) is 1.74. The van der Waals surface area contributed by atoms with Crippen molar-refractivity contribution in [3.05, 3.63) is 10.5 Å². The third kappa shape index (κ3) is 2.01. The summed E-state index contributed by atoms with van der Waals surface area (Å²) in [4.78, 5) is 3.26. The molecule has 2 aromatic rings. The molecule has 1 aliphatic heterocycles. The first-order valence-electron chi connectivity index (χ1n) is 6.89. The number of ether oxygens (including phenoxy) is 2. The minimum absolute atomic E-state index is 0.288. The fraction of sp³-hybridized carbons (Fsp3) is 0.692. The van der Waals surface area contributed by atoms with Gasteiger partial charge in [-0.15, -0.1) is 0 Å². The van der Waals surface area contributed by atoms with Crippen molar-refractivity contribution in [1.29, 1.82) is 0 Å². The maximum Gasteiger partial charge on any atom is 0.179 e. The van der Waals surface area contributed by atoms with Crippen LogP contribution in [0.15, 0.2) is 0 Å². The fourth-order valence-electron chi connectivity index (χ4n) is 2.85. The van der Waals surface area contributed by atoms with Crippen LogP contribution in [0.5, 0.6) is 0 Å². The Labute approximate surface area is 122 Å². The zero-order valence-corrected chi connectivity index (χ0v) is 12.9. The highest BCUT2D eigenvalue weighted by molar-refractivity contribution is 7.71. The molecule has 20 heavy (non-hydrogen) atoms. The van der Waals surface area contributed by atoms with Crippen molar-refractivity contribution in [3.63, 3.8) is 0 Å². The molecule has 0 bridgehead atoms. The van der Waals surface area contributed by atoms with Crippen LogP contribution < -0.4 is 0 Å². The van der Waals surface area contributed by atoms with Gasteiger partial charge in [0.2, 0.25) is 0 Å². The summed E-state index contributed by atoms with van der Waals surface area (Å²) in [6.45, 7) is 6.92. The third-order valence-corrected chi connectivity index (χ3v) is 4.40. The molecule has 1 fully saturated rings. The second-order valence-electron chi connectivity index (χ2n) is 5.31. The monoisotopic (exact) mass is 296 g/mol. The Morgan fingerprint density at radius 3 is 2.95 bits per heavy atom. The van der Waals surface area contributed by atoms with Crippen LogP contribution in [0.2, 0.25) is 0 Å². The molecule has 0 radical (unpaired) electrons. The highest BCUT2D eigenvalue weighted by atomic mass is 32.1. The van der Waals surface area contributed by atoms with E-state index < -0.39 is 0 Å². The lowest BCUT2D eigenvalue weighted by molar-refractivity contribution is -0.0291. The topological polar surface area (TPSA) is 57.0 Å². The van der Waals surface area contributed by atoms with Crippen molar-refractivity contribution < 1.29 is 9.47 Å². The quantitative estimate of drug-likeness (QED) is 0.877. The zero-order valence-electron chi connectivity index (χ0n) is 12.1. The van der Waals surface area contributed by atoms with Crippen molar-refractivity contribution in [2.75, 3.05) is 20.3 Å². The molecule has 110 valence electrons. The van der Waals surface area contributed by atoms with Crippen LogP contribution >= 0.6 is 12.2 Å². The van der Waals surface area contributed by atoms with E-state index in [1.165, 1.54) is 0 Å². The van der Waals surface area contributed by atoms with Crippen molar-refractivity contribution >= 4 is 23.4 Å². The van der Waals surface area contributed by atoms with E-state index in [9.17, 15) is 0 Å². The van der Waals surface area contributed by atoms with E-state index in [1.54, 1.807) is 7.11 Å². The number of imidazole rings is 1. The normalized spacial score (nSPS) is 22.9. The number of nitrogens with one attached hydrogen (secondary N) is 1. The van der Waals surface area contributed by atoms with Crippen LogP contribution in [0.3, 0.4) is 0 Å². The average Bonchev–Trinajstić information content (AvgIpc) is 3.10. The summed E-state index contributed by atoms with van der Waals surface area (Å²) in [6.07, 6.45) is 0.886. The van der Waals surface area contributed by atoms with E-state index in [4.69, 9.17) is 21.7 Å². The summed E-state index contributed by atoms with van der Waals surface area (Å²) < 4.78 is 16.0. The van der Waals surface area contributed by atoms with Gasteiger partial charge in [-0.3, -0.25) is 4.57 Å². The first-order chi connectivity index (χ1) is 9.60. The van der Waals surface area contributed by atoms with E-state index in [1.807, 2.05) is 11.6 Å². The van der Waals surface area contributed by atoms with Crippen LogP contribution in [0.4, 0.5) is 0 Å². The number of hydrogen-bond acceptors (Lipinski definition) is 4. The van der Waals surface area contributed by atoms with E-state index in [2.05, 4.69) is 21.6 Å². The van der Waals surface area contributed by atoms with Gasteiger partial charge < -0.3 is 14.5 Å². The van der Waals surface area contributed by atoms with Crippen LogP contribution in [-0.2, 0) is 22.6 Å². The molecule has 1 atom stereocenters. The van der Waals surface area contributed by atoms with Crippen LogP contribution in [0.25, 0.3) is 11.2 Å². The number of rotatable bonds is 4. The molecule has 1 aliphatic rings. The molecule has 0 amide bonds. The zero-order chi connectivity index (χ0) is 14.3. The number of fused-ring (bicyclic) bond motifs is 1. The first-order valence-corrected chi connectivity index (χ1v) is 7.30. The smallest absolute Gasteiger partial charge is 0.179 e. The van der Waals surface area contributed by atoms with Crippen molar-refractivity contribution in [1.82, 2.24) is 19.3 Å². The molecule has 7 heteroatoms. The molecule has 3 rings (SSSR count). The molecule has 1 unspecified atom stereocenters. The first kappa shape index (κ1) is 13.8. The highest BCUT2D eigenvalue weighted by Gasteiger charge is 2.36. The third-order valence-electron chi connectivity index (χ3n) is 4.08. The van der Waals surface area contributed by atoms with Crippen molar-refractivity contribution in [2.45, 2.75) is 39.0 Å². The van der Waals surface area contributed by atoms with Gasteiger partial charge in [-0.25, -0.2) is 4.68 Å². The van der Waals surface area contributed by atoms with Gasteiger partial charge in [0, 0.05) is 26.7 Å². The predicted molar refractivity (Wildman–Crippen MR) is 78.5 cm³/mol. The van der Waals surface area contributed by atoms with Gasteiger partial charge >= 0.3 is 0 Å². The van der Waals surface area contributed by atoms with Gasteiger partial charge in [0.15, 0.2) is 10.4 Å². The molecule has 0 saturated carbocycles. The number of aromatic amines is 1. The van der Waals surface area contributed by atoms with Gasteiger partial charge in [-0.05, 0) is 26.1 Å². The number of nitrogens with zero attached hydrogens (tertiary/aromatic N) is 3. The summed E-state index contributed by atoms with van der Waals surface area (Å²) in [5, 5.41) is 4.54. The molecule has 0 aliphatic carbocycles. The number of aromatic nitrogens is 4. The Hall–Kier alpha value is -1.18. The molecular weight excluding hydrogens is 276 g/mol. The number of aryl methyl sites for hydroxylation is 2. The van der Waals surface area contributed by atoms with Gasteiger partial charge in [-0.2, -0.15) is 5.10 Å². The summed E-state index contributed by atoms with van der Waals surface area (Å²) in [5.74, 6) is 0. The second kappa shape index (κ2) is 4.98. The number of H-pyrrole nitrogens is 1. The predicted octanol–water partition coefficient (Wildman–Crippen LogP) is 2.03. The van der Waals surface area contributed by atoms with Crippen molar-refractivity contribution in [3.8, 4) is 0 Å². The Bertz CT molecular complexity index is 678. The highest BCUT2D eigenvalue weighted by Crippen LogP contribution is 2.27. The lowest BCUT2D eigenvalue weighted by Gasteiger charge is -2.26. The van der Waals surface area contributed by atoms with Crippen molar-refractivity contribution in [2.24, 2.45) is 0 Å². The molecule has 0 aromatic carbocycles. The lowest BCUT2D eigenvalue weighted by Crippen LogP contribution is -2.37. The fourth-order valence-corrected chi connectivity index (χ4v) is 3.11. The number of methoxy groups -OCH3 is 1. The van der Waals surface area contributed by atoms with Gasteiger partial charge in [0.05, 0.1) is 18.8 Å². The second-order valence-corrected chi connectivity index (χ2v) is 5.69. The van der Waals surface area contributed by atoms with Gasteiger partial charge in [-0.1, -0.05) is 0 Å².